The van der Waals surface area contributed by atoms with E-state index in [2.05, 4.69) is 9.97 Å². The molecule has 0 amide bonds. The molecule has 3 rings (SSSR count). The van der Waals surface area contributed by atoms with Crippen LogP contribution in [0.5, 0.6) is 17.2 Å². The number of aromatic nitrogens is 2. The standard InChI is InChI=1S/C17H16N4O3/c1-23-10-6-8-11(9-7-10)24-13-5-3-2-4-12(13)16-20-15(19)14(18)17(22)21-16/h2-9H,18H2,1H3,(H3,19,20,21,22). The number of hydrogen-bond donors (Lipinski definition) is 3. The van der Waals surface area contributed by atoms with E-state index in [1.54, 1.807) is 43.5 Å². The van der Waals surface area contributed by atoms with Gasteiger partial charge in [-0.15, -0.1) is 0 Å². The maximum atomic E-state index is 11.8. The summed E-state index contributed by atoms with van der Waals surface area (Å²) in [5.41, 5.74) is 11.2. The molecule has 24 heavy (non-hydrogen) atoms. The Morgan fingerprint density at radius 3 is 2.33 bits per heavy atom. The van der Waals surface area contributed by atoms with Gasteiger partial charge in [0, 0.05) is 0 Å². The van der Waals surface area contributed by atoms with E-state index < -0.39 is 5.56 Å². The van der Waals surface area contributed by atoms with Crippen molar-refractivity contribution in [1.29, 1.82) is 0 Å². The number of para-hydroxylation sites is 1. The third-order valence-corrected chi connectivity index (χ3v) is 3.41. The number of nitrogen functional groups attached to an aromatic ring is 2. The third kappa shape index (κ3) is 3.00. The molecule has 1 heterocycles. The lowest BCUT2D eigenvalue weighted by Gasteiger charge is -2.11. The molecule has 0 spiro atoms. The topological polar surface area (TPSA) is 116 Å². The van der Waals surface area contributed by atoms with E-state index in [0.29, 0.717) is 17.1 Å². The lowest BCUT2D eigenvalue weighted by atomic mass is 10.2. The summed E-state index contributed by atoms with van der Waals surface area (Å²) < 4.78 is 11.0. The van der Waals surface area contributed by atoms with Crippen molar-refractivity contribution in [2.24, 2.45) is 0 Å². The highest BCUT2D eigenvalue weighted by Gasteiger charge is 2.12. The maximum absolute atomic E-state index is 11.8. The second-order valence-electron chi connectivity index (χ2n) is 4.99. The fraction of sp³-hybridized carbons (Fsp3) is 0.0588. The van der Waals surface area contributed by atoms with Gasteiger partial charge in [-0.1, -0.05) is 12.1 Å². The zero-order valence-electron chi connectivity index (χ0n) is 12.9. The first-order chi connectivity index (χ1) is 11.6. The van der Waals surface area contributed by atoms with Crippen LogP contribution in [0.3, 0.4) is 0 Å². The zero-order chi connectivity index (χ0) is 17.1. The van der Waals surface area contributed by atoms with Gasteiger partial charge in [0.15, 0.2) is 5.82 Å². The van der Waals surface area contributed by atoms with E-state index in [1.165, 1.54) is 0 Å². The van der Waals surface area contributed by atoms with Crippen LogP contribution in [0.2, 0.25) is 0 Å². The molecule has 0 fully saturated rings. The Kier molecular flexibility index (Phi) is 4.07. The van der Waals surface area contributed by atoms with E-state index in [-0.39, 0.29) is 17.3 Å². The first kappa shape index (κ1) is 15.4. The molecular weight excluding hydrogens is 308 g/mol. The Labute approximate surface area is 137 Å². The lowest BCUT2D eigenvalue weighted by Crippen LogP contribution is -2.17. The summed E-state index contributed by atoms with van der Waals surface area (Å²) in [5.74, 6) is 2.14. The van der Waals surface area contributed by atoms with Crippen LogP contribution < -0.4 is 26.5 Å². The van der Waals surface area contributed by atoms with Crippen LogP contribution in [-0.2, 0) is 0 Å². The number of methoxy groups -OCH3 is 1. The van der Waals surface area contributed by atoms with Gasteiger partial charge in [-0.2, -0.15) is 0 Å². The summed E-state index contributed by atoms with van der Waals surface area (Å²) in [4.78, 5) is 18.6. The van der Waals surface area contributed by atoms with Gasteiger partial charge in [-0.25, -0.2) is 4.98 Å². The molecular formula is C17H16N4O3. The lowest BCUT2D eigenvalue weighted by molar-refractivity contribution is 0.413. The quantitative estimate of drug-likeness (QED) is 0.678. The number of nitrogens with two attached hydrogens (primary N) is 2. The van der Waals surface area contributed by atoms with E-state index in [9.17, 15) is 4.79 Å². The number of nitrogens with one attached hydrogen (secondary N) is 1. The van der Waals surface area contributed by atoms with Gasteiger partial charge >= 0.3 is 0 Å². The predicted molar refractivity (Wildman–Crippen MR) is 92.2 cm³/mol. The number of rotatable bonds is 4. The molecule has 0 unspecified atom stereocenters. The molecule has 0 saturated carbocycles. The molecule has 0 aliphatic rings. The minimum Gasteiger partial charge on any atom is -0.497 e. The molecule has 0 aliphatic carbocycles. The van der Waals surface area contributed by atoms with Crippen molar-refractivity contribution >= 4 is 11.5 Å². The average molecular weight is 324 g/mol. The van der Waals surface area contributed by atoms with Crippen LogP contribution in [-0.4, -0.2) is 17.1 Å². The van der Waals surface area contributed by atoms with Crippen molar-refractivity contribution in [3.05, 3.63) is 58.9 Å². The predicted octanol–water partition coefficient (Wildman–Crippen LogP) is 2.40. The van der Waals surface area contributed by atoms with E-state index in [4.69, 9.17) is 20.9 Å². The number of hydrogen-bond acceptors (Lipinski definition) is 6. The van der Waals surface area contributed by atoms with Gasteiger partial charge < -0.3 is 25.9 Å². The summed E-state index contributed by atoms with van der Waals surface area (Å²) in [6.07, 6.45) is 0. The number of nitrogens with zero attached hydrogens (tertiary/aromatic N) is 1. The fourth-order valence-corrected chi connectivity index (χ4v) is 2.15. The van der Waals surface area contributed by atoms with E-state index in [0.717, 1.165) is 5.75 Å². The van der Waals surface area contributed by atoms with Crippen molar-refractivity contribution in [2.45, 2.75) is 0 Å². The number of anilines is 2. The SMILES string of the molecule is COc1ccc(Oc2ccccc2-c2nc(N)c(N)c(=O)[nH]2)cc1. The average Bonchev–Trinajstić information content (AvgIpc) is 2.60. The third-order valence-electron chi connectivity index (χ3n) is 3.41. The first-order valence-electron chi connectivity index (χ1n) is 7.15. The van der Waals surface area contributed by atoms with Crippen LogP contribution in [0.15, 0.2) is 53.3 Å². The highest BCUT2D eigenvalue weighted by molar-refractivity contribution is 5.68. The number of ether oxygens (including phenoxy) is 2. The Morgan fingerprint density at radius 2 is 1.67 bits per heavy atom. The highest BCUT2D eigenvalue weighted by Crippen LogP contribution is 2.32. The second-order valence-corrected chi connectivity index (χ2v) is 4.99. The summed E-state index contributed by atoms with van der Waals surface area (Å²) in [6.45, 7) is 0. The molecule has 3 aromatic rings. The smallest absolute Gasteiger partial charge is 0.276 e. The monoisotopic (exact) mass is 324 g/mol. The van der Waals surface area contributed by atoms with Crippen molar-refractivity contribution in [3.8, 4) is 28.6 Å². The van der Waals surface area contributed by atoms with Crippen molar-refractivity contribution in [2.75, 3.05) is 18.6 Å². The van der Waals surface area contributed by atoms with Gasteiger partial charge in [-0.3, -0.25) is 4.79 Å². The molecule has 1 aromatic heterocycles. The molecule has 5 N–H and O–H groups in total. The normalized spacial score (nSPS) is 10.4. The maximum Gasteiger partial charge on any atom is 0.276 e. The summed E-state index contributed by atoms with van der Waals surface area (Å²) in [7, 11) is 1.60. The number of aromatic amines is 1. The van der Waals surface area contributed by atoms with Crippen LogP contribution in [0.1, 0.15) is 0 Å². The van der Waals surface area contributed by atoms with Crippen molar-refractivity contribution < 1.29 is 9.47 Å². The van der Waals surface area contributed by atoms with Crippen LogP contribution in [0.25, 0.3) is 11.4 Å². The van der Waals surface area contributed by atoms with Gasteiger partial charge in [0.2, 0.25) is 0 Å². The Morgan fingerprint density at radius 1 is 1.00 bits per heavy atom. The van der Waals surface area contributed by atoms with E-state index in [1.807, 2.05) is 12.1 Å². The van der Waals surface area contributed by atoms with Crippen molar-refractivity contribution in [3.63, 3.8) is 0 Å². The molecule has 7 nitrogen and oxygen atoms in total. The van der Waals surface area contributed by atoms with Crippen LogP contribution >= 0.6 is 0 Å². The zero-order valence-corrected chi connectivity index (χ0v) is 12.9. The summed E-state index contributed by atoms with van der Waals surface area (Å²) >= 11 is 0. The molecule has 2 aromatic carbocycles. The molecule has 0 radical (unpaired) electrons. The number of H-pyrrole nitrogens is 1. The Hall–Kier alpha value is -3.48. The first-order valence-corrected chi connectivity index (χ1v) is 7.15. The van der Waals surface area contributed by atoms with Crippen molar-refractivity contribution in [1.82, 2.24) is 9.97 Å². The minimum absolute atomic E-state index is 0.0204. The van der Waals surface area contributed by atoms with Gasteiger partial charge in [-0.05, 0) is 36.4 Å². The van der Waals surface area contributed by atoms with Gasteiger partial charge in [0.05, 0.1) is 12.7 Å². The summed E-state index contributed by atoms with van der Waals surface area (Å²) in [6, 6.07) is 14.3. The van der Waals surface area contributed by atoms with E-state index >= 15 is 0 Å². The van der Waals surface area contributed by atoms with Gasteiger partial charge in [0.1, 0.15) is 28.8 Å². The molecule has 0 bridgehead atoms. The minimum atomic E-state index is -0.489. The molecule has 0 aliphatic heterocycles. The number of benzene rings is 2. The molecule has 0 saturated heterocycles. The molecule has 122 valence electrons. The molecule has 0 atom stereocenters. The van der Waals surface area contributed by atoms with Crippen LogP contribution in [0, 0.1) is 0 Å². The van der Waals surface area contributed by atoms with Crippen LogP contribution in [0.4, 0.5) is 11.5 Å². The summed E-state index contributed by atoms with van der Waals surface area (Å²) in [5, 5.41) is 0. The highest BCUT2D eigenvalue weighted by atomic mass is 16.5. The van der Waals surface area contributed by atoms with Gasteiger partial charge in [0.25, 0.3) is 5.56 Å². The fourth-order valence-electron chi connectivity index (χ4n) is 2.15. The molecule has 7 heteroatoms. The Bertz CT molecular complexity index is 920. The largest absolute Gasteiger partial charge is 0.497 e. The second kappa shape index (κ2) is 6.33. The Balaban J connectivity index is 2.00.